The molecule has 0 heterocycles. The van der Waals surface area contributed by atoms with E-state index in [0.29, 0.717) is 11.3 Å². The summed E-state index contributed by atoms with van der Waals surface area (Å²) in [5.74, 6) is 0. The van der Waals surface area contributed by atoms with Gasteiger partial charge < -0.3 is 4.90 Å². The Balaban J connectivity index is 4.44. The number of nitrogens with zero attached hydrogens (tertiary/aromatic N) is 1. The highest BCUT2D eigenvalue weighted by Gasteiger charge is 2.11. The molecule has 2 N–H and O–H groups in total. The van der Waals surface area contributed by atoms with E-state index in [0.717, 1.165) is 17.3 Å². The van der Waals surface area contributed by atoms with Gasteiger partial charge in [-0.1, -0.05) is 22.6 Å². The van der Waals surface area contributed by atoms with Gasteiger partial charge in [0.25, 0.3) is 0 Å². The topological polar surface area (TPSA) is 63.4 Å². The first-order valence-corrected chi connectivity index (χ1v) is 7.41. The van der Waals surface area contributed by atoms with E-state index in [9.17, 15) is 8.42 Å². The lowest BCUT2D eigenvalue weighted by Gasteiger charge is -2.09. The summed E-state index contributed by atoms with van der Waals surface area (Å²) in [5.41, 5.74) is 0. The molecule has 0 aliphatic carbocycles. The van der Waals surface area contributed by atoms with Crippen molar-refractivity contribution in [2.75, 3.05) is 18.5 Å². The van der Waals surface area contributed by atoms with E-state index in [1.807, 2.05) is 0 Å². The fourth-order valence-corrected chi connectivity index (χ4v) is 2.29. The zero-order valence-corrected chi connectivity index (χ0v) is 11.5. The van der Waals surface area contributed by atoms with E-state index in [2.05, 4.69) is 22.6 Å². The minimum absolute atomic E-state index is 0.312. The first-order chi connectivity index (χ1) is 6.38. The van der Waals surface area contributed by atoms with Gasteiger partial charge in [-0.25, -0.2) is 13.6 Å². The van der Waals surface area contributed by atoms with Gasteiger partial charge in [-0.3, -0.25) is 0 Å². The standard InChI is InChI=1S/C8H17IN2O2S/c1-11(2)7-8(14(10,12)13)5-3-4-6-9/h7H,3-6H2,1-2H3,(H2,10,12,13)/b8-7-. The van der Waals surface area contributed by atoms with Gasteiger partial charge in [-0.15, -0.1) is 0 Å². The van der Waals surface area contributed by atoms with Crippen LogP contribution in [-0.4, -0.2) is 31.8 Å². The predicted octanol–water partition coefficient (Wildman–Crippen LogP) is 1.28. The summed E-state index contributed by atoms with van der Waals surface area (Å²) in [5, 5.41) is 5.09. The highest BCUT2D eigenvalue weighted by molar-refractivity contribution is 14.1. The maximum absolute atomic E-state index is 11.1. The van der Waals surface area contributed by atoms with Gasteiger partial charge in [0.15, 0.2) is 0 Å². The minimum Gasteiger partial charge on any atom is -0.383 e. The van der Waals surface area contributed by atoms with Crippen molar-refractivity contribution >= 4 is 32.6 Å². The maximum Gasteiger partial charge on any atom is 0.235 e. The van der Waals surface area contributed by atoms with Crippen LogP contribution in [0.15, 0.2) is 11.1 Å². The molecular weight excluding hydrogens is 315 g/mol. The Hall–Kier alpha value is 0.180. The normalized spacial score (nSPS) is 13.0. The Morgan fingerprint density at radius 1 is 1.43 bits per heavy atom. The lowest BCUT2D eigenvalue weighted by Crippen LogP contribution is -2.17. The van der Waals surface area contributed by atoms with Gasteiger partial charge in [0, 0.05) is 20.3 Å². The fraction of sp³-hybridized carbons (Fsp3) is 0.750. The molecule has 0 saturated heterocycles. The predicted molar refractivity (Wildman–Crippen MR) is 67.6 cm³/mol. The average molecular weight is 332 g/mol. The van der Waals surface area contributed by atoms with Crippen LogP contribution < -0.4 is 5.14 Å². The molecule has 0 spiro atoms. The second-order valence-electron chi connectivity index (χ2n) is 3.25. The molecule has 6 heteroatoms. The van der Waals surface area contributed by atoms with E-state index in [1.165, 1.54) is 0 Å². The molecule has 0 aromatic heterocycles. The zero-order chi connectivity index (χ0) is 11.2. The van der Waals surface area contributed by atoms with E-state index in [4.69, 9.17) is 5.14 Å². The summed E-state index contributed by atoms with van der Waals surface area (Å²) < 4.78 is 23.3. The molecule has 0 saturated carbocycles. The molecule has 84 valence electrons. The molecule has 0 bridgehead atoms. The number of alkyl halides is 1. The number of sulfonamides is 1. The second-order valence-corrected chi connectivity index (χ2v) is 5.94. The number of hydrogen-bond acceptors (Lipinski definition) is 3. The molecule has 0 aromatic rings. The molecule has 0 aliphatic heterocycles. The Morgan fingerprint density at radius 3 is 2.36 bits per heavy atom. The van der Waals surface area contributed by atoms with Gasteiger partial charge >= 0.3 is 0 Å². The highest BCUT2D eigenvalue weighted by Crippen LogP contribution is 2.13. The molecule has 0 amide bonds. The summed E-state index contributed by atoms with van der Waals surface area (Å²) in [6, 6.07) is 0. The molecule has 14 heavy (non-hydrogen) atoms. The molecule has 0 unspecified atom stereocenters. The van der Waals surface area contributed by atoms with Crippen LogP contribution in [-0.2, 0) is 10.0 Å². The van der Waals surface area contributed by atoms with Crippen LogP contribution in [0.25, 0.3) is 0 Å². The summed E-state index contributed by atoms with van der Waals surface area (Å²) in [4.78, 5) is 2.01. The van der Waals surface area contributed by atoms with E-state index in [-0.39, 0.29) is 0 Å². The third kappa shape index (κ3) is 6.61. The SMILES string of the molecule is CN(C)/C=C(/CCCCI)S(N)(=O)=O. The van der Waals surface area contributed by atoms with Crippen LogP contribution in [0.2, 0.25) is 0 Å². The molecule has 0 fully saturated rings. The van der Waals surface area contributed by atoms with Crippen LogP contribution >= 0.6 is 22.6 Å². The van der Waals surface area contributed by atoms with E-state index < -0.39 is 10.0 Å². The van der Waals surface area contributed by atoms with Gasteiger partial charge in [0.2, 0.25) is 10.0 Å². The van der Waals surface area contributed by atoms with Gasteiger partial charge in [0.1, 0.15) is 0 Å². The Bertz CT molecular complexity index is 286. The van der Waals surface area contributed by atoms with Crippen LogP contribution in [0, 0.1) is 0 Å². The summed E-state index contributed by atoms with van der Waals surface area (Å²) in [6.07, 6.45) is 3.97. The second kappa shape index (κ2) is 6.62. The quantitative estimate of drug-likeness (QED) is 0.453. The first-order valence-electron chi connectivity index (χ1n) is 4.34. The summed E-state index contributed by atoms with van der Waals surface area (Å²) in [6.45, 7) is 0. The monoisotopic (exact) mass is 332 g/mol. The highest BCUT2D eigenvalue weighted by atomic mass is 127. The van der Waals surface area contributed by atoms with Crippen molar-refractivity contribution in [1.82, 2.24) is 4.90 Å². The van der Waals surface area contributed by atoms with Crippen LogP contribution in [0.3, 0.4) is 0 Å². The third-order valence-corrected chi connectivity index (χ3v) is 3.38. The molecule has 4 nitrogen and oxygen atoms in total. The van der Waals surface area contributed by atoms with Crippen LogP contribution in [0.1, 0.15) is 19.3 Å². The number of nitrogens with two attached hydrogens (primary N) is 1. The first kappa shape index (κ1) is 14.2. The summed E-state index contributed by atoms with van der Waals surface area (Å²) >= 11 is 2.27. The maximum atomic E-state index is 11.1. The molecule has 0 rings (SSSR count). The van der Waals surface area contributed by atoms with E-state index >= 15 is 0 Å². The molecule has 0 aromatic carbocycles. The minimum atomic E-state index is -3.52. The van der Waals surface area contributed by atoms with Crippen molar-refractivity contribution in [3.05, 3.63) is 11.1 Å². The number of allylic oxidation sites excluding steroid dienone is 1. The molecule has 0 aliphatic rings. The van der Waals surface area contributed by atoms with Crippen molar-refractivity contribution in [2.24, 2.45) is 5.14 Å². The largest absolute Gasteiger partial charge is 0.383 e. The molecule has 0 atom stereocenters. The number of primary sulfonamides is 1. The number of unbranched alkanes of at least 4 members (excludes halogenated alkanes) is 1. The fourth-order valence-electron chi connectivity index (χ4n) is 0.962. The van der Waals surface area contributed by atoms with Crippen molar-refractivity contribution in [1.29, 1.82) is 0 Å². The van der Waals surface area contributed by atoms with Crippen molar-refractivity contribution in [3.8, 4) is 0 Å². The lowest BCUT2D eigenvalue weighted by atomic mass is 10.2. The lowest BCUT2D eigenvalue weighted by molar-refractivity contribution is 0.552. The van der Waals surface area contributed by atoms with Gasteiger partial charge in [0.05, 0.1) is 4.91 Å². The third-order valence-electron chi connectivity index (χ3n) is 1.57. The number of hydrogen-bond donors (Lipinski definition) is 1. The molecule has 0 radical (unpaired) electrons. The van der Waals surface area contributed by atoms with E-state index in [1.54, 1.807) is 25.2 Å². The van der Waals surface area contributed by atoms with Gasteiger partial charge in [-0.05, 0) is 23.7 Å². The Morgan fingerprint density at radius 2 is 2.00 bits per heavy atom. The van der Waals surface area contributed by atoms with Gasteiger partial charge in [-0.2, -0.15) is 0 Å². The van der Waals surface area contributed by atoms with Crippen molar-refractivity contribution < 1.29 is 8.42 Å². The Labute approximate surface area is 99.7 Å². The summed E-state index contributed by atoms with van der Waals surface area (Å²) in [7, 11) is 0.0391. The zero-order valence-electron chi connectivity index (χ0n) is 8.53. The number of rotatable bonds is 6. The average Bonchev–Trinajstić information content (AvgIpc) is 2.00. The van der Waals surface area contributed by atoms with Crippen molar-refractivity contribution in [3.63, 3.8) is 0 Å². The smallest absolute Gasteiger partial charge is 0.235 e. The molecular formula is C8H17IN2O2S. The number of halogens is 1. The van der Waals surface area contributed by atoms with Crippen LogP contribution in [0.5, 0.6) is 0 Å². The van der Waals surface area contributed by atoms with Crippen LogP contribution in [0.4, 0.5) is 0 Å². The van der Waals surface area contributed by atoms with Crippen molar-refractivity contribution in [2.45, 2.75) is 19.3 Å². The Kier molecular flexibility index (Phi) is 6.71.